The molecule has 1 heteroatoms. The normalized spacial score (nSPS) is 12.0. The molecule has 2 aromatic carbocycles. The summed E-state index contributed by atoms with van der Waals surface area (Å²) in [5.74, 6) is 0. The number of aromatic nitrogens is 1. The predicted molar refractivity (Wildman–Crippen MR) is 87.2 cm³/mol. The Morgan fingerprint density at radius 3 is 2.35 bits per heavy atom. The molecule has 20 heavy (non-hydrogen) atoms. The summed E-state index contributed by atoms with van der Waals surface area (Å²) in [4.78, 5) is 3.61. The van der Waals surface area contributed by atoms with Gasteiger partial charge in [-0.05, 0) is 35.6 Å². The Kier molecular flexibility index (Phi) is 2.93. The monoisotopic (exact) mass is 263 g/mol. The van der Waals surface area contributed by atoms with Gasteiger partial charge in [0.05, 0.1) is 5.69 Å². The van der Waals surface area contributed by atoms with E-state index in [1.54, 1.807) is 0 Å². The van der Waals surface area contributed by atoms with Crippen LogP contribution in [-0.2, 0) is 5.41 Å². The molecule has 3 rings (SSSR count). The van der Waals surface area contributed by atoms with Gasteiger partial charge in [0.2, 0.25) is 0 Å². The highest BCUT2D eigenvalue weighted by atomic mass is 14.7. The minimum atomic E-state index is 0.110. The van der Waals surface area contributed by atoms with Gasteiger partial charge in [-0.25, -0.2) is 0 Å². The second-order valence-electron chi connectivity index (χ2n) is 6.54. The Labute approximate surface area is 120 Å². The smallest absolute Gasteiger partial charge is 0.0502 e. The number of fused-ring (bicyclic) bond motifs is 1. The molecule has 0 unspecified atom stereocenters. The largest absolute Gasteiger partial charge is 0.354 e. The van der Waals surface area contributed by atoms with Crippen LogP contribution in [0.15, 0.2) is 48.5 Å². The molecule has 0 aliphatic carbocycles. The lowest BCUT2D eigenvalue weighted by Gasteiger charge is -2.20. The minimum Gasteiger partial charge on any atom is -0.354 e. The van der Waals surface area contributed by atoms with Crippen LogP contribution in [0.25, 0.3) is 22.2 Å². The van der Waals surface area contributed by atoms with Gasteiger partial charge in [0.1, 0.15) is 0 Å². The molecular weight excluding hydrogens is 242 g/mol. The summed E-state index contributed by atoms with van der Waals surface area (Å²) < 4.78 is 0. The number of benzene rings is 2. The third-order valence-corrected chi connectivity index (χ3v) is 3.76. The molecule has 1 N–H and O–H groups in total. The highest BCUT2D eigenvalue weighted by molar-refractivity contribution is 5.92. The van der Waals surface area contributed by atoms with Crippen molar-refractivity contribution in [2.45, 2.75) is 33.1 Å². The van der Waals surface area contributed by atoms with E-state index in [2.05, 4.69) is 81.2 Å². The van der Waals surface area contributed by atoms with Crippen molar-refractivity contribution in [2.75, 3.05) is 0 Å². The fourth-order valence-corrected chi connectivity index (χ4v) is 2.94. The van der Waals surface area contributed by atoms with E-state index in [1.165, 1.54) is 33.3 Å². The van der Waals surface area contributed by atoms with Crippen LogP contribution in [0.5, 0.6) is 0 Å². The predicted octanol–water partition coefficient (Wildman–Crippen LogP) is 5.44. The summed E-state index contributed by atoms with van der Waals surface area (Å²) >= 11 is 0. The van der Waals surface area contributed by atoms with E-state index >= 15 is 0 Å². The summed E-state index contributed by atoms with van der Waals surface area (Å²) in [7, 11) is 0. The van der Waals surface area contributed by atoms with Crippen LogP contribution in [-0.4, -0.2) is 4.98 Å². The number of nitrogens with one attached hydrogen (secondary N) is 1. The summed E-state index contributed by atoms with van der Waals surface area (Å²) in [5, 5.41) is 1.33. The van der Waals surface area contributed by atoms with Crippen LogP contribution >= 0.6 is 0 Å². The number of hydrogen-bond donors (Lipinski definition) is 1. The van der Waals surface area contributed by atoms with Crippen molar-refractivity contribution >= 4 is 10.9 Å². The average molecular weight is 263 g/mol. The zero-order valence-electron chi connectivity index (χ0n) is 12.6. The highest BCUT2D eigenvalue weighted by Gasteiger charge is 2.23. The van der Waals surface area contributed by atoms with Crippen molar-refractivity contribution in [1.82, 2.24) is 4.98 Å². The number of aryl methyl sites for hydroxylation is 1. The molecule has 1 heterocycles. The maximum Gasteiger partial charge on any atom is 0.0502 e. The second kappa shape index (κ2) is 4.52. The molecule has 102 valence electrons. The molecule has 0 aliphatic heterocycles. The van der Waals surface area contributed by atoms with E-state index in [0.29, 0.717) is 0 Å². The van der Waals surface area contributed by atoms with E-state index in [1.807, 2.05) is 0 Å². The third kappa shape index (κ3) is 2.14. The Bertz CT molecular complexity index is 757. The van der Waals surface area contributed by atoms with Gasteiger partial charge in [0.15, 0.2) is 0 Å². The molecule has 0 fully saturated rings. The number of H-pyrrole nitrogens is 1. The standard InChI is InChI=1S/C19H21N/c1-13-8-7-9-14(12-13)18-17(19(2,3)4)15-10-5-6-11-16(15)20-18/h5-12,20H,1-4H3. The zero-order chi connectivity index (χ0) is 14.3. The number of aromatic amines is 1. The first-order valence-corrected chi connectivity index (χ1v) is 7.15. The molecule has 0 bridgehead atoms. The van der Waals surface area contributed by atoms with Crippen molar-refractivity contribution in [3.63, 3.8) is 0 Å². The van der Waals surface area contributed by atoms with E-state index in [9.17, 15) is 0 Å². The van der Waals surface area contributed by atoms with Gasteiger partial charge < -0.3 is 4.98 Å². The molecule has 1 nitrogen and oxygen atoms in total. The minimum absolute atomic E-state index is 0.110. The van der Waals surface area contributed by atoms with Gasteiger partial charge in [-0.1, -0.05) is 62.7 Å². The molecule has 3 aromatic rings. The molecule has 0 spiro atoms. The van der Waals surface area contributed by atoms with Gasteiger partial charge in [-0.3, -0.25) is 0 Å². The van der Waals surface area contributed by atoms with Gasteiger partial charge in [-0.15, -0.1) is 0 Å². The lowest BCUT2D eigenvalue weighted by molar-refractivity contribution is 0.597. The maximum absolute atomic E-state index is 3.61. The van der Waals surface area contributed by atoms with Gasteiger partial charge in [0, 0.05) is 10.9 Å². The molecule has 1 aromatic heterocycles. The van der Waals surface area contributed by atoms with Gasteiger partial charge in [-0.2, -0.15) is 0 Å². The van der Waals surface area contributed by atoms with E-state index in [0.717, 1.165) is 0 Å². The van der Waals surface area contributed by atoms with Crippen molar-refractivity contribution < 1.29 is 0 Å². The fraction of sp³-hybridized carbons (Fsp3) is 0.263. The lowest BCUT2D eigenvalue weighted by Crippen LogP contribution is -2.11. The van der Waals surface area contributed by atoms with Crippen LogP contribution in [0.1, 0.15) is 31.9 Å². The van der Waals surface area contributed by atoms with E-state index in [4.69, 9.17) is 0 Å². The van der Waals surface area contributed by atoms with Gasteiger partial charge >= 0.3 is 0 Å². The SMILES string of the molecule is Cc1cccc(-c2[nH]c3ccccc3c2C(C)(C)C)c1. The first kappa shape index (κ1) is 13.0. The molecule has 0 atom stereocenters. The van der Waals surface area contributed by atoms with Crippen LogP contribution in [0, 0.1) is 6.92 Å². The van der Waals surface area contributed by atoms with Crippen LogP contribution in [0.4, 0.5) is 0 Å². The topological polar surface area (TPSA) is 15.8 Å². The Balaban J connectivity index is 2.35. The van der Waals surface area contributed by atoms with Crippen molar-refractivity contribution in [1.29, 1.82) is 0 Å². The Morgan fingerprint density at radius 1 is 0.900 bits per heavy atom. The Morgan fingerprint density at radius 2 is 1.65 bits per heavy atom. The molecule has 0 aliphatic rings. The summed E-state index contributed by atoms with van der Waals surface area (Å²) in [6.07, 6.45) is 0. The fourth-order valence-electron chi connectivity index (χ4n) is 2.94. The summed E-state index contributed by atoms with van der Waals surface area (Å²) in [5.41, 5.74) is 6.54. The van der Waals surface area contributed by atoms with Crippen molar-refractivity contribution in [3.05, 3.63) is 59.7 Å². The van der Waals surface area contributed by atoms with Crippen molar-refractivity contribution in [2.24, 2.45) is 0 Å². The highest BCUT2D eigenvalue weighted by Crippen LogP contribution is 2.38. The lowest BCUT2D eigenvalue weighted by atomic mass is 9.83. The molecule has 0 saturated carbocycles. The Hall–Kier alpha value is -2.02. The van der Waals surface area contributed by atoms with E-state index < -0.39 is 0 Å². The van der Waals surface area contributed by atoms with Crippen molar-refractivity contribution in [3.8, 4) is 11.3 Å². The summed E-state index contributed by atoms with van der Waals surface area (Å²) in [6.45, 7) is 8.98. The zero-order valence-corrected chi connectivity index (χ0v) is 12.6. The second-order valence-corrected chi connectivity index (χ2v) is 6.54. The molecule has 0 saturated heterocycles. The quantitative estimate of drug-likeness (QED) is 0.601. The molecule has 0 radical (unpaired) electrons. The van der Waals surface area contributed by atoms with Crippen LogP contribution in [0.3, 0.4) is 0 Å². The van der Waals surface area contributed by atoms with E-state index in [-0.39, 0.29) is 5.41 Å². The first-order chi connectivity index (χ1) is 9.47. The summed E-state index contributed by atoms with van der Waals surface area (Å²) in [6, 6.07) is 17.3. The van der Waals surface area contributed by atoms with Gasteiger partial charge in [0.25, 0.3) is 0 Å². The molecule has 0 amide bonds. The maximum atomic E-state index is 3.61. The number of rotatable bonds is 1. The third-order valence-electron chi connectivity index (χ3n) is 3.76. The van der Waals surface area contributed by atoms with Crippen LogP contribution < -0.4 is 0 Å². The van der Waals surface area contributed by atoms with Crippen LogP contribution in [0.2, 0.25) is 0 Å². The number of para-hydroxylation sites is 1. The first-order valence-electron chi connectivity index (χ1n) is 7.15. The average Bonchev–Trinajstić information content (AvgIpc) is 2.77. The number of hydrogen-bond acceptors (Lipinski definition) is 0. The molecular formula is C19H21N.